The first-order valence-corrected chi connectivity index (χ1v) is 9.13. The summed E-state index contributed by atoms with van der Waals surface area (Å²) in [7, 11) is 0. The lowest BCUT2D eigenvalue weighted by Gasteiger charge is -2.28. The summed E-state index contributed by atoms with van der Waals surface area (Å²) in [5.74, 6) is 2.07. The molecule has 1 saturated heterocycles. The van der Waals surface area contributed by atoms with Crippen molar-refractivity contribution in [2.75, 3.05) is 31.1 Å². The standard InChI is InChI=1S/C21H19N5O/c1-3-7-15(8-4-1)18-24-19(26-13-11-22-12-14-26)17-21(25-18)27-20(23-17)16-9-5-2-6-10-16/h1-10,22H,11-14H2. The van der Waals surface area contributed by atoms with Crippen LogP contribution in [0.25, 0.3) is 34.1 Å². The second-order valence-corrected chi connectivity index (χ2v) is 6.51. The van der Waals surface area contributed by atoms with Crippen LogP contribution in [0.5, 0.6) is 0 Å². The Morgan fingerprint density at radius 1 is 0.778 bits per heavy atom. The van der Waals surface area contributed by atoms with Crippen molar-refractivity contribution in [3.05, 3.63) is 60.7 Å². The number of piperazine rings is 1. The van der Waals surface area contributed by atoms with Crippen molar-refractivity contribution in [1.29, 1.82) is 0 Å². The van der Waals surface area contributed by atoms with E-state index in [2.05, 4.69) is 15.2 Å². The summed E-state index contributed by atoms with van der Waals surface area (Å²) in [5, 5.41) is 3.38. The zero-order valence-corrected chi connectivity index (χ0v) is 14.8. The fourth-order valence-corrected chi connectivity index (χ4v) is 3.33. The first-order chi connectivity index (χ1) is 13.4. The van der Waals surface area contributed by atoms with Crippen molar-refractivity contribution < 1.29 is 4.42 Å². The van der Waals surface area contributed by atoms with Crippen LogP contribution >= 0.6 is 0 Å². The Hall–Kier alpha value is -3.25. The molecule has 27 heavy (non-hydrogen) atoms. The highest BCUT2D eigenvalue weighted by atomic mass is 16.4. The molecule has 134 valence electrons. The summed E-state index contributed by atoms with van der Waals surface area (Å²) >= 11 is 0. The SMILES string of the molecule is c1ccc(-c2nc(N3CCNCC3)c3nc(-c4ccccc4)oc3n2)cc1. The van der Waals surface area contributed by atoms with Crippen LogP contribution in [0.4, 0.5) is 5.82 Å². The highest BCUT2D eigenvalue weighted by Gasteiger charge is 2.22. The molecule has 0 radical (unpaired) electrons. The molecule has 3 heterocycles. The van der Waals surface area contributed by atoms with Crippen LogP contribution in [0.3, 0.4) is 0 Å². The van der Waals surface area contributed by atoms with Gasteiger partial charge in [-0.15, -0.1) is 0 Å². The van der Waals surface area contributed by atoms with Crippen molar-refractivity contribution in [2.45, 2.75) is 0 Å². The van der Waals surface area contributed by atoms with Crippen LogP contribution in [0.15, 0.2) is 65.1 Å². The van der Waals surface area contributed by atoms with Crippen molar-refractivity contribution in [1.82, 2.24) is 20.3 Å². The number of hydrogen-bond donors (Lipinski definition) is 1. The number of aromatic nitrogens is 3. The zero-order chi connectivity index (χ0) is 18.1. The van der Waals surface area contributed by atoms with Crippen molar-refractivity contribution in [3.8, 4) is 22.8 Å². The molecule has 1 fully saturated rings. The number of hydrogen-bond acceptors (Lipinski definition) is 6. The molecule has 2 aromatic carbocycles. The van der Waals surface area contributed by atoms with E-state index in [9.17, 15) is 0 Å². The van der Waals surface area contributed by atoms with Gasteiger partial charge in [-0.25, -0.2) is 9.97 Å². The molecule has 0 atom stereocenters. The first kappa shape index (κ1) is 16.0. The normalized spacial score (nSPS) is 14.6. The number of rotatable bonds is 3. The van der Waals surface area contributed by atoms with E-state index < -0.39 is 0 Å². The van der Waals surface area contributed by atoms with Crippen LogP contribution in [-0.4, -0.2) is 41.1 Å². The molecule has 0 bridgehead atoms. The van der Waals surface area contributed by atoms with Crippen LogP contribution < -0.4 is 10.2 Å². The van der Waals surface area contributed by atoms with Crippen molar-refractivity contribution in [2.24, 2.45) is 0 Å². The van der Waals surface area contributed by atoms with Gasteiger partial charge in [-0.05, 0) is 12.1 Å². The van der Waals surface area contributed by atoms with Crippen molar-refractivity contribution >= 4 is 17.0 Å². The summed E-state index contributed by atoms with van der Waals surface area (Å²) < 4.78 is 6.04. The van der Waals surface area contributed by atoms with Gasteiger partial charge in [0.05, 0.1) is 0 Å². The Morgan fingerprint density at radius 2 is 1.44 bits per heavy atom. The Morgan fingerprint density at radius 3 is 2.15 bits per heavy atom. The van der Waals surface area contributed by atoms with E-state index in [1.54, 1.807) is 0 Å². The Kier molecular flexibility index (Phi) is 4.03. The summed E-state index contributed by atoms with van der Waals surface area (Å²) in [5.41, 5.74) is 3.14. The average molecular weight is 357 g/mol. The quantitative estimate of drug-likeness (QED) is 0.606. The highest BCUT2D eigenvalue weighted by Crippen LogP contribution is 2.31. The van der Waals surface area contributed by atoms with Crippen LogP contribution in [0.1, 0.15) is 0 Å². The first-order valence-electron chi connectivity index (χ1n) is 9.13. The number of anilines is 1. The predicted molar refractivity (Wildman–Crippen MR) is 106 cm³/mol. The lowest BCUT2D eigenvalue weighted by molar-refractivity contribution is 0.585. The molecular formula is C21H19N5O. The van der Waals surface area contributed by atoms with E-state index in [4.69, 9.17) is 14.4 Å². The van der Waals surface area contributed by atoms with Gasteiger partial charge in [-0.2, -0.15) is 4.98 Å². The molecule has 6 nitrogen and oxygen atoms in total. The van der Waals surface area contributed by atoms with Crippen LogP contribution in [0, 0.1) is 0 Å². The average Bonchev–Trinajstić information content (AvgIpc) is 3.19. The Labute approximate surface area is 156 Å². The molecule has 0 unspecified atom stereocenters. The number of nitrogens with one attached hydrogen (secondary N) is 1. The van der Waals surface area contributed by atoms with Gasteiger partial charge in [-0.3, -0.25) is 0 Å². The predicted octanol–water partition coefficient (Wildman–Crippen LogP) is 3.36. The van der Waals surface area contributed by atoms with E-state index in [1.807, 2.05) is 60.7 Å². The zero-order valence-electron chi connectivity index (χ0n) is 14.8. The molecule has 6 heteroatoms. The third kappa shape index (κ3) is 3.04. The van der Waals surface area contributed by atoms with Crippen LogP contribution in [-0.2, 0) is 0 Å². The maximum Gasteiger partial charge on any atom is 0.253 e. The van der Waals surface area contributed by atoms with E-state index in [-0.39, 0.29) is 0 Å². The fourth-order valence-electron chi connectivity index (χ4n) is 3.33. The Bertz CT molecular complexity index is 1060. The van der Waals surface area contributed by atoms with Gasteiger partial charge in [-0.1, -0.05) is 48.5 Å². The van der Waals surface area contributed by atoms with E-state index in [1.165, 1.54) is 0 Å². The van der Waals surface area contributed by atoms with Crippen molar-refractivity contribution in [3.63, 3.8) is 0 Å². The summed E-state index contributed by atoms with van der Waals surface area (Å²) in [6.45, 7) is 3.62. The minimum Gasteiger partial charge on any atom is -0.417 e. The monoisotopic (exact) mass is 357 g/mol. The molecule has 5 rings (SSSR count). The fraction of sp³-hybridized carbons (Fsp3) is 0.190. The number of nitrogens with zero attached hydrogens (tertiary/aromatic N) is 4. The highest BCUT2D eigenvalue weighted by molar-refractivity contribution is 5.86. The largest absolute Gasteiger partial charge is 0.417 e. The minimum absolute atomic E-state index is 0.524. The maximum atomic E-state index is 6.04. The Balaban J connectivity index is 1.69. The van der Waals surface area contributed by atoms with Gasteiger partial charge >= 0.3 is 0 Å². The van der Waals surface area contributed by atoms with Gasteiger partial charge < -0.3 is 14.6 Å². The van der Waals surface area contributed by atoms with Gasteiger partial charge in [0.15, 0.2) is 17.2 Å². The minimum atomic E-state index is 0.524. The number of fused-ring (bicyclic) bond motifs is 1. The third-order valence-corrected chi connectivity index (χ3v) is 4.71. The summed E-state index contributed by atoms with van der Waals surface area (Å²) in [4.78, 5) is 16.5. The lowest BCUT2D eigenvalue weighted by atomic mass is 10.2. The van der Waals surface area contributed by atoms with Gasteiger partial charge in [0.1, 0.15) is 0 Å². The topological polar surface area (TPSA) is 67.1 Å². The molecule has 0 spiro atoms. The molecule has 4 aromatic rings. The molecule has 2 aromatic heterocycles. The maximum absolute atomic E-state index is 6.04. The van der Waals surface area contributed by atoms with Crippen LogP contribution in [0.2, 0.25) is 0 Å². The second kappa shape index (κ2) is 6.81. The van der Waals surface area contributed by atoms with E-state index >= 15 is 0 Å². The molecule has 1 aliphatic rings. The van der Waals surface area contributed by atoms with Gasteiger partial charge in [0.25, 0.3) is 5.71 Å². The van der Waals surface area contributed by atoms with E-state index in [0.29, 0.717) is 17.4 Å². The molecule has 0 amide bonds. The number of benzene rings is 2. The lowest BCUT2D eigenvalue weighted by Crippen LogP contribution is -2.44. The second-order valence-electron chi connectivity index (χ2n) is 6.51. The summed E-state index contributed by atoms with van der Waals surface area (Å²) in [6.07, 6.45) is 0. The number of oxazole rings is 1. The van der Waals surface area contributed by atoms with Gasteiger partial charge in [0, 0.05) is 37.3 Å². The molecule has 0 saturated carbocycles. The third-order valence-electron chi connectivity index (χ3n) is 4.71. The smallest absolute Gasteiger partial charge is 0.253 e. The summed E-state index contributed by atoms with van der Waals surface area (Å²) in [6, 6.07) is 19.9. The molecular weight excluding hydrogens is 338 g/mol. The van der Waals surface area contributed by atoms with E-state index in [0.717, 1.165) is 48.6 Å². The molecule has 0 aliphatic carbocycles. The molecule has 1 N–H and O–H groups in total. The molecule has 1 aliphatic heterocycles. The van der Waals surface area contributed by atoms with Gasteiger partial charge in [0.2, 0.25) is 5.89 Å².